The van der Waals surface area contributed by atoms with Gasteiger partial charge < -0.3 is 0 Å². The fraction of sp³-hybridized carbons (Fsp3) is 0.429. The second-order valence-corrected chi connectivity index (χ2v) is 16.1. The fourth-order valence-corrected chi connectivity index (χ4v) is 10.5. The van der Waals surface area contributed by atoms with E-state index in [0.29, 0.717) is 26.2 Å². The topological polar surface area (TPSA) is 156 Å². The Morgan fingerprint density at radius 3 is 1.08 bits per heavy atom. The fourth-order valence-electron chi connectivity index (χ4n) is 4.22. The van der Waals surface area contributed by atoms with Gasteiger partial charge in [0.05, 0.1) is 26.7 Å². The standard InChI is InChI=1S/C21H27N3O9S4/c1-33-24(36(29,30)20-10-6-18(7-11-20)34(25,26)22-14-2-3-15-22)37(31,32)21-12-8-19(9-13-21)35(27,28)23-16-4-5-17-23/h6-13H,2-5,14-17H2,1H3. The van der Waals surface area contributed by atoms with Gasteiger partial charge in [0.25, 0.3) is 20.0 Å². The van der Waals surface area contributed by atoms with Crippen molar-refractivity contribution in [3.8, 4) is 0 Å². The Labute approximate surface area is 217 Å². The first-order valence-corrected chi connectivity index (χ1v) is 17.1. The zero-order valence-electron chi connectivity index (χ0n) is 19.9. The lowest BCUT2D eigenvalue weighted by Crippen LogP contribution is -2.36. The van der Waals surface area contributed by atoms with Crippen LogP contribution in [0.1, 0.15) is 25.7 Å². The summed E-state index contributed by atoms with van der Waals surface area (Å²) in [5, 5.41) is 0. The van der Waals surface area contributed by atoms with E-state index >= 15 is 0 Å². The molecule has 0 unspecified atom stereocenters. The smallest absolute Gasteiger partial charge is 0.273 e. The summed E-state index contributed by atoms with van der Waals surface area (Å²) in [6.45, 7) is 1.48. The molecule has 2 aromatic carbocycles. The molecule has 0 radical (unpaired) electrons. The minimum Gasteiger partial charge on any atom is -0.273 e. The van der Waals surface area contributed by atoms with Crippen LogP contribution in [0, 0.1) is 0 Å². The van der Waals surface area contributed by atoms with E-state index < -0.39 is 49.9 Å². The maximum atomic E-state index is 13.2. The Bertz CT molecular complexity index is 1440. The summed E-state index contributed by atoms with van der Waals surface area (Å²) in [7, 11) is -16.3. The van der Waals surface area contributed by atoms with Crippen molar-refractivity contribution in [2.24, 2.45) is 0 Å². The molecule has 4 rings (SSSR count). The van der Waals surface area contributed by atoms with E-state index in [9.17, 15) is 33.7 Å². The van der Waals surface area contributed by atoms with Crippen molar-refractivity contribution < 1.29 is 38.5 Å². The number of nitrogens with zero attached hydrogens (tertiary/aromatic N) is 3. The molecule has 16 heteroatoms. The molecule has 0 amide bonds. The summed E-state index contributed by atoms with van der Waals surface area (Å²) in [4.78, 5) is 3.50. The minimum absolute atomic E-state index is 0.116. The molecule has 2 heterocycles. The molecule has 0 aliphatic carbocycles. The Balaban J connectivity index is 1.61. The highest BCUT2D eigenvalue weighted by Crippen LogP contribution is 2.28. The number of hydrogen-bond donors (Lipinski definition) is 0. The molecule has 2 aromatic rings. The van der Waals surface area contributed by atoms with Crippen LogP contribution in [0.3, 0.4) is 0 Å². The van der Waals surface area contributed by atoms with Gasteiger partial charge in [-0.3, -0.25) is 4.84 Å². The van der Waals surface area contributed by atoms with E-state index in [4.69, 9.17) is 4.84 Å². The van der Waals surface area contributed by atoms with E-state index in [1.165, 1.54) is 8.61 Å². The maximum Gasteiger partial charge on any atom is 0.279 e. The molecule has 0 N–H and O–H groups in total. The third-order valence-corrected chi connectivity index (χ3v) is 14.0. The van der Waals surface area contributed by atoms with Gasteiger partial charge in [-0.05, 0) is 74.2 Å². The summed E-state index contributed by atoms with van der Waals surface area (Å²) in [6, 6.07) is 8.35. The molecule has 37 heavy (non-hydrogen) atoms. The molecule has 0 bridgehead atoms. The van der Waals surface area contributed by atoms with Crippen molar-refractivity contribution in [1.29, 1.82) is 0 Å². The van der Waals surface area contributed by atoms with Gasteiger partial charge in [0.15, 0.2) is 0 Å². The van der Waals surface area contributed by atoms with E-state index in [0.717, 1.165) is 81.3 Å². The number of sulfonamides is 4. The summed E-state index contributed by atoms with van der Waals surface area (Å²) in [6.07, 6.45) is 2.93. The minimum atomic E-state index is -4.80. The van der Waals surface area contributed by atoms with Gasteiger partial charge in [-0.25, -0.2) is 33.7 Å². The largest absolute Gasteiger partial charge is 0.279 e. The van der Waals surface area contributed by atoms with Crippen LogP contribution in [-0.4, -0.2) is 79.4 Å². The van der Waals surface area contributed by atoms with Crippen LogP contribution in [0.4, 0.5) is 0 Å². The van der Waals surface area contributed by atoms with Crippen LogP contribution < -0.4 is 0 Å². The Morgan fingerprint density at radius 2 is 0.811 bits per heavy atom. The van der Waals surface area contributed by atoms with Crippen molar-refractivity contribution in [3.05, 3.63) is 48.5 Å². The van der Waals surface area contributed by atoms with Gasteiger partial charge in [0.1, 0.15) is 0 Å². The third kappa shape index (κ3) is 5.21. The number of hydrogen-bond acceptors (Lipinski definition) is 9. The third-order valence-electron chi connectivity index (χ3n) is 6.19. The Hall–Kier alpha value is -1.92. The number of rotatable bonds is 9. The monoisotopic (exact) mass is 593 g/mol. The zero-order chi connectivity index (χ0) is 27.1. The highest BCUT2D eigenvalue weighted by molar-refractivity contribution is 8.03. The van der Waals surface area contributed by atoms with E-state index in [-0.39, 0.29) is 13.7 Å². The van der Waals surface area contributed by atoms with Crippen molar-refractivity contribution in [2.45, 2.75) is 45.3 Å². The molecule has 0 spiro atoms. The zero-order valence-corrected chi connectivity index (χ0v) is 23.2. The molecular weight excluding hydrogens is 567 g/mol. The van der Waals surface area contributed by atoms with Crippen molar-refractivity contribution in [3.63, 3.8) is 0 Å². The molecule has 0 aromatic heterocycles. The van der Waals surface area contributed by atoms with Crippen LogP contribution >= 0.6 is 0 Å². The van der Waals surface area contributed by atoms with Crippen molar-refractivity contribution >= 4 is 40.1 Å². The van der Waals surface area contributed by atoms with Gasteiger partial charge in [0.2, 0.25) is 20.0 Å². The van der Waals surface area contributed by atoms with Gasteiger partial charge >= 0.3 is 0 Å². The van der Waals surface area contributed by atoms with Crippen LogP contribution in [0.25, 0.3) is 0 Å². The quantitative estimate of drug-likeness (QED) is 0.390. The Kier molecular flexibility index (Phi) is 7.85. The summed E-state index contributed by atoms with van der Waals surface area (Å²) >= 11 is 0. The maximum absolute atomic E-state index is 13.2. The second-order valence-electron chi connectivity index (χ2n) is 8.52. The van der Waals surface area contributed by atoms with Gasteiger partial charge in [-0.2, -0.15) is 8.61 Å². The molecular formula is C21H27N3O9S4. The van der Waals surface area contributed by atoms with Crippen molar-refractivity contribution in [1.82, 2.24) is 12.5 Å². The molecule has 2 fully saturated rings. The Morgan fingerprint density at radius 1 is 0.541 bits per heavy atom. The first kappa shape index (κ1) is 28.1. The highest BCUT2D eigenvalue weighted by atomic mass is 32.3. The van der Waals surface area contributed by atoms with E-state index in [1.807, 2.05) is 0 Å². The summed E-state index contributed by atoms with van der Waals surface area (Å²) in [5.41, 5.74) is 0. The summed E-state index contributed by atoms with van der Waals surface area (Å²) in [5.74, 6) is 0. The van der Waals surface area contributed by atoms with Crippen LogP contribution in [0.15, 0.2) is 68.1 Å². The average molecular weight is 594 g/mol. The SMILES string of the molecule is CON(S(=O)(=O)c1ccc(S(=O)(=O)N2CCCC2)cc1)S(=O)(=O)c1ccc(S(=O)(=O)N2CCCC2)cc1. The molecule has 204 valence electrons. The normalized spacial score (nSPS) is 18.5. The molecule has 2 saturated heterocycles. The van der Waals surface area contributed by atoms with Crippen LogP contribution in [0.5, 0.6) is 0 Å². The molecule has 0 saturated carbocycles. The van der Waals surface area contributed by atoms with Crippen molar-refractivity contribution in [2.75, 3.05) is 33.3 Å². The summed E-state index contributed by atoms with van der Waals surface area (Å²) < 4.78 is 106. The van der Waals surface area contributed by atoms with E-state index in [2.05, 4.69) is 0 Å². The van der Waals surface area contributed by atoms with Crippen LogP contribution in [0.2, 0.25) is 0 Å². The number of benzene rings is 2. The lowest BCUT2D eigenvalue weighted by Gasteiger charge is -2.20. The lowest BCUT2D eigenvalue weighted by atomic mass is 10.4. The predicted octanol–water partition coefficient (Wildman–Crippen LogP) is 1.20. The van der Waals surface area contributed by atoms with Gasteiger partial charge in [0, 0.05) is 30.1 Å². The van der Waals surface area contributed by atoms with Gasteiger partial charge in [-0.15, -0.1) is 0 Å². The first-order chi connectivity index (χ1) is 17.3. The lowest BCUT2D eigenvalue weighted by molar-refractivity contribution is 0.0290. The predicted molar refractivity (Wildman–Crippen MR) is 132 cm³/mol. The molecule has 0 atom stereocenters. The molecule has 2 aliphatic heterocycles. The highest BCUT2D eigenvalue weighted by Gasteiger charge is 2.38. The second kappa shape index (κ2) is 10.3. The van der Waals surface area contributed by atoms with E-state index in [1.54, 1.807) is 0 Å². The van der Waals surface area contributed by atoms with Gasteiger partial charge in [-0.1, -0.05) is 0 Å². The molecule has 12 nitrogen and oxygen atoms in total. The molecule has 2 aliphatic rings. The average Bonchev–Trinajstić information content (AvgIpc) is 3.60. The van der Waals surface area contributed by atoms with Crippen LogP contribution in [-0.2, 0) is 44.9 Å². The first-order valence-electron chi connectivity index (χ1n) is 11.4.